The average Bonchev–Trinajstić information content (AvgIpc) is 3.25. The Morgan fingerprint density at radius 1 is 1.03 bits per heavy atom. The minimum absolute atomic E-state index is 0.170. The number of rotatable bonds is 8. The third-order valence-corrected chi connectivity index (χ3v) is 5.42. The number of azo groups is 1. The van der Waals surface area contributed by atoms with Gasteiger partial charge in [-0.1, -0.05) is 24.3 Å². The summed E-state index contributed by atoms with van der Waals surface area (Å²) in [4.78, 5) is 39.1. The zero-order valence-corrected chi connectivity index (χ0v) is 20.2. The molecule has 4 rings (SSSR count). The molecule has 4 aromatic rings. The zero-order chi connectivity index (χ0) is 27.2. The number of methoxy groups -OCH3 is 2. The highest BCUT2D eigenvalue weighted by Crippen LogP contribution is 2.37. The third kappa shape index (κ3) is 5.49. The fraction of sp³-hybridized carbons (Fsp3) is 0.0769. The highest BCUT2D eigenvalue weighted by molar-refractivity contribution is 6.05. The van der Waals surface area contributed by atoms with Crippen molar-refractivity contribution in [2.45, 2.75) is 0 Å². The number of hydrogen-bond acceptors (Lipinski definition) is 8. The van der Waals surface area contributed by atoms with Crippen LogP contribution in [-0.4, -0.2) is 41.0 Å². The van der Waals surface area contributed by atoms with E-state index in [4.69, 9.17) is 9.47 Å². The molecule has 12 nitrogen and oxygen atoms in total. The van der Waals surface area contributed by atoms with Gasteiger partial charge in [-0.25, -0.2) is 0 Å². The van der Waals surface area contributed by atoms with E-state index < -0.39 is 22.6 Å². The first kappa shape index (κ1) is 25.6. The minimum atomic E-state index is -0.941. The van der Waals surface area contributed by atoms with Crippen molar-refractivity contribution in [2.75, 3.05) is 14.2 Å². The molecule has 3 N–H and O–H groups in total. The number of benzene rings is 3. The Kier molecular flexibility index (Phi) is 7.43. The van der Waals surface area contributed by atoms with Crippen molar-refractivity contribution < 1.29 is 29.1 Å². The van der Waals surface area contributed by atoms with E-state index in [2.05, 4.69) is 20.5 Å². The topological polar surface area (TPSA) is 169 Å². The van der Waals surface area contributed by atoms with Crippen molar-refractivity contribution in [1.82, 2.24) is 10.3 Å². The predicted molar refractivity (Wildman–Crippen MR) is 138 cm³/mol. The summed E-state index contributed by atoms with van der Waals surface area (Å²) in [5.74, 6) is -1.07. The van der Waals surface area contributed by atoms with Crippen LogP contribution in [0.2, 0.25) is 0 Å². The molecule has 3 aromatic carbocycles. The highest BCUT2D eigenvalue weighted by Gasteiger charge is 2.18. The highest BCUT2D eigenvalue weighted by atomic mass is 16.6. The second-order valence-corrected chi connectivity index (χ2v) is 7.81. The van der Waals surface area contributed by atoms with Gasteiger partial charge in [-0.3, -0.25) is 19.7 Å². The Hall–Kier alpha value is -5.52. The molecular weight excluding hydrogens is 494 g/mol. The number of nitro groups is 1. The molecular formula is C26H21N5O7. The van der Waals surface area contributed by atoms with Crippen LogP contribution in [0, 0.1) is 10.1 Å². The van der Waals surface area contributed by atoms with Gasteiger partial charge in [0.15, 0.2) is 17.2 Å². The SMILES string of the molecule is COc1ccc(C=C(NC(=O)c2ccccc2)C(=O)N=Nc2c(O)[nH]c3ccc([N+](=O)[O-])cc23)cc1OC. The number of nitrogens with zero attached hydrogens (tertiary/aromatic N) is 3. The minimum Gasteiger partial charge on any atom is -0.493 e. The molecule has 2 amide bonds. The van der Waals surface area contributed by atoms with E-state index in [-0.39, 0.29) is 22.5 Å². The number of non-ortho nitro benzene ring substituents is 1. The van der Waals surface area contributed by atoms with Gasteiger partial charge in [-0.2, -0.15) is 0 Å². The summed E-state index contributed by atoms with van der Waals surface area (Å²) in [6.45, 7) is 0. The maximum Gasteiger partial charge on any atom is 0.311 e. The molecule has 1 heterocycles. The number of nitro benzene ring substituents is 1. The van der Waals surface area contributed by atoms with E-state index in [1.54, 1.807) is 48.5 Å². The van der Waals surface area contributed by atoms with Gasteiger partial charge in [0.2, 0.25) is 5.88 Å². The fourth-order valence-electron chi connectivity index (χ4n) is 3.56. The Morgan fingerprint density at radius 2 is 1.76 bits per heavy atom. The van der Waals surface area contributed by atoms with Crippen molar-refractivity contribution >= 4 is 40.2 Å². The molecule has 0 atom stereocenters. The lowest BCUT2D eigenvalue weighted by molar-refractivity contribution is -0.384. The van der Waals surface area contributed by atoms with Crippen LogP contribution >= 0.6 is 0 Å². The van der Waals surface area contributed by atoms with Gasteiger partial charge in [0.1, 0.15) is 5.70 Å². The summed E-state index contributed by atoms with van der Waals surface area (Å²) in [5.41, 5.74) is 0.519. The van der Waals surface area contributed by atoms with Crippen LogP contribution < -0.4 is 14.8 Å². The lowest BCUT2D eigenvalue weighted by atomic mass is 10.1. The predicted octanol–water partition coefficient (Wildman–Crippen LogP) is 4.88. The van der Waals surface area contributed by atoms with Crippen LogP contribution in [-0.2, 0) is 4.79 Å². The third-order valence-electron chi connectivity index (χ3n) is 5.42. The Bertz CT molecular complexity index is 1590. The number of nitrogens with one attached hydrogen (secondary N) is 2. The molecule has 12 heteroatoms. The number of aromatic hydroxyl groups is 1. The van der Waals surface area contributed by atoms with Gasteiger partial charge >= 0.3 is 5.91 Å². The maximum atomic E-state index is 13.1. The van der Waals surface area contributed by atoms with Crippen molar-refractivity contribution in [1.29, 1.82) is 0 Å². The molecule has 192 valence electrons. The summed E-state index contributed by atoms with van der Waals surface area (Å²) in [6.07, 6.45) is 1.38. The standard InChI is InChI=1S/C26H21N5O7/c1-37-21-11-8-15(13-22(21)38-2)12-20(28-24(32)16-6-4-3-5-7-16)25(33)30-29-23-18-14-17(31(35)36)9-10-19(18)27-26(23)34/h3-14,27,34H,1-2H3,(H,28,32). The first-order chi connectivity index (χ1) is 18.3. The summed E-state index contributed by atoms with van der Waals surface area (Å²) < 4.78 is 10.5. The molecule has 0 aliphatic heterocycles. The normalized spacial score (nSPS) is 11.5. The van der Waals surface area contributed by atoms with E-state index in [1.807, 2.05) is 0 Å². The lowest BCUT2D eigenvalue weighted by Gasteiger charge is -2.10. The molecule has 38 heavy (non-hydrogen) atoms. The van der Waals surface area contributed by atoms with E-state index in [1.165, 1.54) is 38.5 Å². The molecule has 0 saturated heterocycles. The van der Waals surface area contributed by atoms with Gasteiger partial charge in [0, 0.05) is 23.1 Å². The number of carbonyl (C=O) groups excluding carboxylic acids is 2. The second-order valence-electron chi connectivity index (χ2n) is 7.81. The maximum absolute atomic E-state index is 13.1. The van der Waals surface area contributed by atoms with Crippen molar-refractivity contribution in [3.63, 3.8) is 0 Å². The van der Waals surface area contributed by atoms with Crippen LogP contribution in [0.3, 0.4) is 0 Å². The number of aromatic amines is 1. The monoisotopic (exact) mass is 515 g/mol. The van der Waals surface area contributed by atoms with Gasteiger partial charge < -0.3 is 24.9 Å². The second kappa shape index (κ2) is 11.0. The van der Waals surface area contributed by atoms with Crippen LogP contribution in [0.1, 0.15) is 15.9 Å². The van der Waals surface area contributed by atoms with E-state index in [9.17, 15) is 24.8 Å². The van der Waals surface area contributed by atoms with Crippen molar-refractivity contribution in [3.8, 4) is 17.4 Å². The Morgan fingerprint density at radius 3 is 2.45 bits per heavy atom. The lowest BCUT2D eigenvalue weighted by Crippen LogP contribution is -2.26. The van der Waals surface area contributed by atoms with Crippen molar-refractivity contribution in [2.24, 2.45) is 10.2 Å². The Balaban J connectivity index is 1.72. The molecule has 0 fully saturated rings. The molecule has 0 aliphatic rings. The fourth-order valence-corrected chi connectivity index (χ4v) is 3.56. The largest absolute Gasteiger partial charge is 0.493 e. The summed E-state index contributed by atoms with van der Waals surface area (Å²) >= 11 is 0. The first-order valence-electron chi connectivity index (χ1n) is 11.1. The average molecular weight is 515 g/mol. The molecule has 0 bridgehead atoms. The van der Waals surface area contributed by atoms with Crippen LogP contribution in [0.5, 0.6) is 17.4 Å². The van der Waals surface area contributed by atoms with Gasteiger partial charge in [-0.05, 0) is 42.0 Å². The molecule has 0 radical (unpaired) electrons. The molecule has 0 saturated carbocycles. The van der Waals surface area contributed by atoms with Crippen molar-refractivity contribution in [3.05, 3.63) is 93.7 Å². The number of H-pyrrole nitrogens is 1. The summed E-state index contributed by atoms with van der Waals surface area (Å²) in [5, 5.41) is 31.6. The molecule has 0 spiro atoms. The molecule has 1 aromatic heterocycles. The summed E-state index contributed by atoms with van der Waals surface area (Å²) in [6, 6.07) is 17.0. The quantitative estimate of drug-likeness (QED) is 0.130. The zero-order valence-electron chi connectivity index (χ0n) is 20.2. The number of hydrogen-bond donors (Lipinski definition) is 3. The number of ether oxygens (including phenoxy) is 2. The molecule has 0 aliphatic carbocycles. The van der Waals surface area contributed by atoms with Gasteiger partial charge in [0.25, 0.3) is 11.6 Å². The number of carbonyl (C=O) groups is 2. The molecule has 0 unspecified atom stereocenters. The van der Waals surface area contributed by atoms with Crippen LogP contribution in [0.15, 0.2) is 82.7 Å². The number of amides is 2. The number of fused-ring (bicyclic) bond motifs is 1. The smallest absolute Gasteiger partial charge is 0.311 e. The van der Waals surface area contributed by atoms with E-state index in [0.29, 0.717) is 28.1 Å². The summed E-state index contributed by atoms with van der Waals surface area (Å²) in [7, 11) is 2.94. The Labute approximate surface area is 215 Å². The number of aromatic nitrogens is 1. The van der Waals surface area contributed by atoms with Crippen LogP contribution in [0.25, 0.3) is 17.0 Å². The van der Waals surface area contributed by atoms with E-state index in [0.717, 1.165) is 0 Å². The van der Waals surface area contributed by atoms with Crippen LogP contribution in [0.4, 0.5) is 11.4 Å². The van der Waals surface area contributed by atoms with Gasteiger partial charge in [0.05, 0.1) is 24.7 Å². The van der Waals surface area contributed by atoms with E-state index >= 15 is 0 Å². The van der Waals surface area contributed by atoms with Gasteiger partial charge in [-0.15, -0.1) is 10.2 Å². The first-order valence-corrected chi connectivity index (χ1v) is 11.1.